The fourth-order valence-corrected chi connectivity index (χ4v) is 4.20. The maximum atomic E-state index is 12.9. The predicted molar refractivity (Wildman–Crippen MR) is 115 cm³/mol. The first kappa shape index (κ1) is 20.1. The summed E-state index contributed by atoms with van der Waals surface area (Å²) in [5, 5.41) is 6.29. The van der Waals surface area contributed by atoms with Gasteiger partial charge in [0, 0.05) is 39.8 Å². The first-order valence-corrected chi connectivity index (χ1v) is 10.3. The minimum atomic E-state index is -4.40. The summed E-state index contributed by atoms with van der Waals surface area (Å²) < 4.78 is 45.1. The second-order valence-corrected chi connectivity index (χ2v) is 7.67. The Labute approximate surface area is 183 Å². The zero-order valence-electron chi connectivity index (χ0n) is 16.3. The molecule has 0 unspecified atom stereocenters. The SMILES string of the molecule is O=C(NCc1cnccn1)c1ccc2c(c1)c1csnc1n2-c1ccc(C(F)(F)F)cc1. The van der Waals surface area contributed by atoms with Gasteiger partial charge in [-0.3, -0.25) is 19.3 Å². The lowest BCUT2D eigenvalue weighted by Crippen LogP contribution is -2.23. The Balaban J connectivity index is 1.52. The molecule has 5 rings (SSSR count). The highest BCUT2D eigenvalue weighted by atomic mass is 32.1. The van der Waals surface area contributed by atoms with Gasteiger partial charge in [-0.05, 0) is 54.0 Å². The van der Waals surface area contributed by atoms with Gasteiger partial charge in [-0.1, -0.05) is 0 Å². The van der Waals surface area contributed by atoms with Crippen LogP contribution in [0.15, 0.2) is 66.4 Å². The average molecular weight is 453 g/mol. The highest BCUT2D eigenvalue weighted by Gasteiger charge is 2.30. The van der Waals surface area contributed by atoms with Crippen molar-refractivity contribution in [2.24, 2.45) is 0 Å². The van der Waals surface area contributed by atoms with Crippen LogP contribution in [-0.4, -0.2) is 24.8 Å². The van der Waals surface area contributed by atoms with Crippen LogP contribution in [0.2, 0.25) is 0 Å². The van der Waals surface area contributed by atoms with Gasteiger partial charge in [0.25, 0.3) is 5.91 Å². The molecule has 32 heavy (non-hydrogen) atoms. The minimum Gasteiger partial charge on any atom is -0.346 e. The summed E-state index contributed by atoms with van der Waals surface area (Å²) in [5.74, 6) is -0.267. The maximum absolute atomic E-state index is 12.9. The molecule has 0 aliphatic carbocycles. The van der Waals surface area contributed by atoms with Crippen molar-refractivity contribution in [2.75, 3.05) is 0 Å². The number of aromatic nitrogens is 4. The molecule has 0 aliphatic heterocycles. The molecule has 0 fully saturated rings. The number of rotatable bonds is 4. The van der Waals surface area contributed by atoms with E-state index in [1.54, 1.807) is 41.4 Å². The van der Waals surface area contributed by atoms with Gasteiger partial charge in [-0.25, -0.2) is 0 Å². The van der Waals surface area contributed by atoms with E-state index in [0.29, 0.717) is 22.6 Å². The summed E-state index contributed by atoms with van der Waals surface area (Å²) >= 11 is 1.25. The molecule has 0 aliphatic rings. The van der Waals surface area contributed by atoms with Gasteiger partial charge in [0.1, 0.15) is 0 Å². The fourth-order valence-electron chi connectivity index (χ4n) is 3.53. The lowest BCUT2D eigenvalue weighted by molar-refractivity contribution is -0.137. The van der Waals surface area contributed by atoms with Gasteiger partial charge in [-0.15, -0.1) is 0 Å². The zero-order chi connectivity index (χ0) is 22.3. The molecule has 0 atom stereocenters. The van der Waals surface area contributed by atoms with Crippen LogP contribution in [0.3, 0.4) is 0 Å². The van der Waals surface area contributed by atoms with Crippen molar-refractivity contribution in [2.45, 2.75) is 12.7 Å². The van der Waals surface area contributed by atoms with E-state index in [2.05, 4.69) is 19.7 Å². The lowest BCUT2D eigenvalue weighted by Gasteiger charge is -2.10. The van der Waals surface area contributed by atoms with Crippen LogP contribution >= 0.6 is 11.5 Å². The normalized spacial score (nSPS) is 11.8. The molecule has 1 amide bonds. The number of fused-ring (bicyclic) bond motifs is 3. The monoisotopic (exact) mass is 453 g/mol. The molecule has 0 bridgehead atoms. The standard InChI is InChI=1S/C22H14F3N5OS/c23-22(24,25)14-2-4-16(5-3-14)30-19-6-1-13(9-17(19)18-12-32-29-20(18)30)21(31)28-11-15-10-26-7-8-27-15/h1-10,12H,11H2,(H,28,31). The molecule has 10 heteroatoms. The van der Waals surface area contributed by atoms with Gasteiger partial charge in [0.2, 0.25) is 0 Å². The number of nitrogens with zero attached hydrogens (tertiary/aromatic N) is 4. The Morgan fingerprint density at radius 1 is 1.06 bits per heavy atom. The smallest absolute Gasteiger partial charge is 0.346 e. The number of nitrogens with one attached hydrogen (secondary N) is 1. The second kappa shape index (κ2) is 7.72. The summed E-state index contributed by atoms with van der Waals surface area (Å²) in [6.07, 6.45) is 0.285. The van der Waals surface area contributed by atoms with Gasteiger partial charge in [0.05, 0.1) is 29.5 Å². The highest BCUT2D eigenvalue weighted by Crippen LogP contribution is 2.35. The molecule has 5 aromatic rings. The van der Waals surface area contributed by atoms with E-state index >= 15 is 0 Å². The Kier molecular flexibility index (Phi) is 4.86. The van der Waals surface area contributed by atoms with Crippen molar-refractivity contribution in [1.82, 2.24) is 24.2 Å². The van der Waals surface area contributed by atoms with Crippen molar-refractivity contribution in [3.8, 4) is 5.69 Å². The van der Waals surface area contributed by atoms with Crippen LogP contribution in [-0.2, 0) is 12.7 Å². The van der Waals surface area contributed by atoms with E-state index in [9.17, 15) is 18.0 Å². The molecule has 0 saturated carbocycles. The summed E-state index contributed by atoms with van der Waals surface area (Å²) in [6.45, 7) is 0.243. The van der Waals surface area contributed by atoms with Crippen molar-refractivity contribution in [3.63, 3.8) is 0 Å². The quantitative estimate of drug-likeness (QED) is 0.417. The predicted octanol–water partition coefficient (Wildman–Crippen LogP) is 4.98. The van der Waals surface area contributed by atoms with Gasteiger partial charge < -0.3 is 5.32 Å². The molecular formula is C22H14F3N5OS. The minimum absolute atomic E-state index is 0.243. The molecule has 2 aromatic carbocycles. The zero-order valence-corrected chi connectivity index (χ0v) is 17.1. The van der Waals surface area contributed by atoms with Crippen molar-refractivity contribution < 1.29 is 18.0 Å². The number of halogens is 3. The van der Waals surface area contributed by atoms with Crippen LogP contribution in [0.5, 0.6) is 0 Å². The van der Waals surface area contributed by atoms with E-state index in [-0.39, 0.29) is 12.5 Å². The number of benzene rings is 2. The maximum Gasteiger partial charge on any atom is 0.416 e. The number of hydrogen-bond donors (Lipinski definition) is 1. The third-order valence-corrected chi connectivity index (χ3v) is 5.67. The van der Waals surface area contributed by atoms with E-state index < -0.39 is 11.7 Å². The summed E-state index contributed by atoms with van der Waals surface area (Å²) in [7, 11) is 0. The molecule has 3 heterocycles. The summed E-state index contributed by atoms with van der Waals surface area (Å²) in [4.78, 5) is 20.8. The van der Waals surface area contributed by atoms with E-state index in [1.165, 1.54) is 23.7 Å². The highest BCUT2D eigenvalue weighted by molar-refractivity contribution is 7.05. The summed E-state index contributed by atoms with van der Waals surface area (Å²) in [6, 6.07) is 10.2. The second-order valence-electron chi connectivity index (χ2n) is 7.04. The first-order valence-electron chi connectivity index (χ1n) is 9.51. The number of carbonyl (C=O) groups is 1. The van der Waals surface area contributed by atoms with Crippen LogP contribution in [0.4, 0.5) is 13.2 Å². The van der Waals surface area contributed by atoms with E-state index in [4.69, 9.17) is 0 Å². The molecule has 1 N–H and O–H groups in total. The topological polar surface area (TPSA) is 72.7 Å². The van der Waals surface area contributed by atoms with Crippen molar-refractivity contribution >= 4 is 39.4 Å². The third-order valence-electron chi connectivity index (χ3n) is 5.05. The molecule has 0 radical (unpaired) electrons. The van der Waals surface area contributed by atoms with Crippen LogP contribution < -0.4 is 5.32 Å². The van der Waals surface area contributed by atoms with Crippen LogP contribution in [0, 0.1) is 0 Å². The molecule has 3 aromatic heterocycles. The van der Waals surface area contributed by atoms with Gasteiger partial charge in [-0.2, -0.15) is 17.5 Å². The number of alkyl halides is 3. The molecule has 160 valence electrons. The average Bonchev–Trinajstić information content (AvgIpc) is 3.38. The first-order chi connectivity index (χ1) is 15.4. The number of carbonyl (C=O) groups excluding carboxylic acids is 1. The Morgan fingerprint density at radius 2 is 1.88 bits per heavy atom. The Bertz CT molecular complexity index is 1430. The Hall–Kier alpha value is -3.79. The van der Waals surface area contributed by atoms with Crippen molar-refractivity contribution in [1.29, 1.82) is 0 Å². The largest absolute Gasteiger partial charge is 0.416 e. The molecule has 0 spiro atoms. The number of hydrogen-bond acceptors (Lipinski definition) is 5. The third kappa shape index (κ3) is 3.58. The Morgan fingerprint density at radius 3 is 2.59 bits per heavy atom. The lowest BCUT2D eigenvalue weighted by atomic mass is 10.1. The van der Waals surface area contributed by atoms with E-state index in [1.807, 2.05) is 5.38 Å². The van der Waals surface area contributed by atoms with Gasteiger partial charge in [0.15, 0.2) is 5.65 Å². The van der Waals surface area contributed by atoms with Crippen LogP contribution in [0.25, 0.3) is 27.6 Å². The van der Waals surface area contributed by atoms with Crippen LogP contribution in [0.1, 0.15) is 21.6 Å². The number of amides is 1. The van der Waals surface area contributed by atoms with Gasteiger partial charge >= 0.3 is 6.18 Å². The summed E-state index contributed by atoms with van der Waals surface area (Å²) in [5.41, 5.74) is 2.32. The molecule has 0 saturated heterocycles. The van der Waals surface area contributed by atoms with E-state index in [0.717, 1.165) is 28.4 Å². The van der Waals surface area contributed by atoms with Crippen molar-refractivity contribution in [3.05, 3.63) is 83.3 Å². The fraction of sp³-hybridized carbons (Fsp3) is 0.0909. The molecule has 6 nitrogen and oxygen atoms in total. The molecular weight excluding hydrogens is 439 g/mol.